The third-order valence-corrected chi connectivity index (χ3v) is 4.91. The number of pyridine rings is 1. The van der Waals surface area contributed by atoms with Crippen molar-refractivity contribution in [3.63, 3.8) is 0 Å². The lowest BCUT2D eigenvalue weighted by atomic mass is 10.0. The number of amides is 2. The number of methoxy groups -OCH3 is 1. The number of nitrogens with zero attached hydrogens (tertiary/aromatic N) is 1. The summed E-state index contributed by atoms with van der Waals surface area (Å²) in [6.45, 7) is 5.60. The van der Waals surface area contributed by atoms with Crippen molar-refractivity contribution in [1.29, 1.82) is 0 Å². The Kier molecular flexibility index (Phi) is 6.03. The zero-order chi connectivity index (χ0) is 18.6. The van der Waals surface area contributed by atoms with Gasteiger partial charge in [0.25, 0.3) is 5.91 Å². The molecule has 2 rings (SSSR count). The van der Waals surface area contributed by atoms with E-state index in [0.29, 0.717) is 22.0 Å². The number of benzene rings is 1. The van der Waals surface area contributed by atoms with Crippen molar-refractivity contribution in [3.8, 4) is 5.75 Å². The molecule has 0 atom stereocenters. The van der Waals surface area contributed by atoms with Crippen LogP contribution in [0.3, 0.4) is 0 Å². The molecule has 2 amide bonds. The fourth-order valence-electron chi connectivity index (χ4n) is 2.37. The summed E-state index contributed by atoms with van der Waals surface area (Å²) in [7, 11) is 1.54. The van der Waals surface area contributed by atoms with Crippen LogP contribution >= 0.6 is 11.8 Å². The number of carbonyl (C=O) groups excluding carboxylic acids is 2. The summed E-state index contributed by atoms with van der Waals surface area (Å²) in [6.07, 6.45) is 0. The van der Waals surface area contributed by atoms with Gasteiger partial charge in [-0.3, -0.25) is 9.59 Å². The highest BCUT2D eigenvalue weighted by molar-refractivity contribution is 8.00. The van der Waals surface area contributed by atoms with Crippen LogP contribution in [0, 0.1) is 20.8 Å². The minimum atomic E-state index is -0.541. The highest BCUT2D eigenvalue weighted by Crippen LogP contribution is 2.28. The average Bonchev–Trinajstić information content (AvgIpc) is 2.58. The first-order chi connectivity index (χ1) is 11.8. The molecule has 0 spiro atoms. The van der Waals surface area contributed by atoms with Crippen molar-refractivity contribution in [3.05, 3.63) is 46.6 Å². The molecule has 1 heterocycles. The van der Waals surface area contributed by atoms with Gasteiger partial charge in [0.2, 0.25) is 5.91 Å². The van der Waals surface area contributed by atoms with Crippen LogP contribution in [0.25, 0.3) is 0 Å². The summed E-state index contributed by atoms with van der Waals surface area (Å²) in [5.74, 6) is -0.0741. The Bertz CT molecular complexity index is 821. The van der Waals surface area contributed by atoms with Crippen molar-refractivity contribution >= 4 is 29.3 Å². The normalized spacial score (nSPS) is 10.4. The number of ether oxygens (including phenoxy) is 1. The summed E-state index contributed by atoms with van der Waals surface area (Å²) < 4.78 is 5.21. The number of anilines is 1. The minimum Gasteiger partial charge on any atom is -0.495 e. The fraction of sp³-hybridized carbons (Fsp3) is 0.278. The van der Waals surface area contributed by atoms with Gasteiger partial charge in [0.05, 0.1) is 24.1 Å². The third kappa shape index (κ3) is 4.30. The van der Waals surface area contributed by atoms with Crippen molar-refractivity contribution in [2.75, 3.05) is 18.2 Å². The molecule has 132 valence electrons. The smallest absolute Gasteiger partial charge is 0.251 e. The van der Waals surface area contributed by atoms with Crippen LogP contribution in [0.2, 0.25) is 0 Å². The molecular weight excluding hydrogens is 338 g/mol. The van der Waals surface area contributed by atoms with E-state index >= 15 is 0 Å². The molecule has 1 aromatic heterocycles. The molecule has 1 aromatic carbocycles. The molecule has 25 heavy (non-hydrogen) atoms. The quantitative estimate of drug-likeness (QED) is 0.774. The van der Waals surface area contributed by atoms with E-state index in [9.17, 15) is 9.59 Å². The molecule has 3 N–H and O–H groups in total. The maximum absolute atomic E-state index is 12.2. The molecule has 0 fully saturated rings. The number of thioether (sulfide) groups is 1. The maximum atomic E-state index is 12.2. The molecule has 7 heteroatoms. The van der Waals surface area contributed by atoms with E-state index in [0.717, 1.165) is 16.8 Å². The maximum Gasteiger partial charge on any atom is 0.251 e. The highest BCUT2D eigenvalue weighted by atomic mass is 32.2. The number of nitrogens with two attached hydrogens (primary N) is 1. The van der Waals surface area contributed by atoms with E-state index in [2.05, 4.69) is 10.3 Å². The number of hydrogen-bond acceptors (Lipinski definition) is 5. The Morgan fingerprint density at radius 3 is 2.52 bits per heavy atom. The van der Waals surface area contributed by atoms with Crippen molar-refractivity contribution in [2.24, 2.45) is 5.73 Å². The standard InChI is InChI=1S/C18H21N3O3S/c1-10-11(2)16(17(19)23)18(20-12(10)3)25-9-15(22)21-13-7-5-6-8-14(13)24-4/h5-8H,9H2,1-4H3,(H2,19,23)(H,21,22). The van der Waals surface area contributed by atoms with Crippen LogP contribution in [0.5, 0.6) is 5.75 Å². The molecule has 0 aliphatic carbocycles. The Morgan fingerprint density at radius 2 is 1.88 bits per heavy atom. The van der Waals surface area contributed by atoms with E-state index in [-0.39, 0.29) is 11.7 Å². The number of nitrogens with one attached hydrogen (secondary N) is 1. The Labute approximate surface area is 151 Å². The van der Waals surface area contributed by atoms with Gasteiger partial charge in [-0.15, -0.1) is 0 Å². The van der Waals surface area contributed by atoms with Crippen molar-refractivity contribution < 1.29 is 14.3 Å². The number of primary amides is 1. The van der Waals surface area contributed by atoms with Crippen LogP contribution in [-0.4, -0.2) is 29.7 Å². The summed E-state index contributed by atoms with van der Waals surface area (Å²) in [4.78, 5) is 28.4. The molecule has 0 unspecified atom stereocenters. The van der Waals surface area contributed by atoms with Gasteiger partial charge < -0.3 is 15.8 Å². The van der Waals surface area contributed by atoms with Crippen LogP contribution in [0.15, 0.2) is 29.3 Å². The molecular formula is C18H21N3O3S. The zero-order valence-corrected chi connectivity index (χ0v) is 15.5. The summed E-state index contributed by atoms with van der Waals surface area (Å²) >= 11 is 1.19. The summed E-state index contributed by atoms with van der Waals surface area (Å²) in [6, 6.07) is 7.16. The van der Waals surface area contributed by atoms with Gasteiger partial charge in [0, 0.05) is 5.69 Å². The predicted molar refractivity (Wildman–Crippen MR) is 99.3 cm³/mol. The van der Waals surface area contributed by atoms with Crippen LogP contribution < -0.4 is 15.8 Å². The lowest BCUT2D eigenvalue weighted by Crippen LogP contribution is -2.18. The highest BCUT2D eigenvalue weighted by Gasteiger charge is 2.18. The Hall–Kier alpha value is -2.54. The molecule has 0 radical (unpaired) electrons. The molecule has 2 aromatic rings. The number of para-hydroxylation sites is 2. The fourth-order valence-corrected chi connectivity index (χ4v) is 3.31. The van der Waals surface area contributed by atoms with Crippen molar-refractivity contribution in [1.82, 2.24) is 4.98 Å². The average molecular weight is 359 g/mol. The van der Waals surface area contributed by atoms with Gasteiger partial charge in [0.15, 0.2) is 0 Å². The summed E-state index contributed by atoms with van der Waals surface area (Å²) in [5.41, 5.74) is 9.00. The lowest BCUT2D eigenvalue weighted by molar-refractivity contribution is -0.113. The largest absolute Gasteiger partial charge is 0.495 e. The van der Waals surface area contributed by atoms with Gasteiger partial charge in [-0.1, -0.05) is 23.9 Å². The molecule has 6 nitrogen and oxygen atoms in total. The number of carbonyl (C=O) groups is 2. The van der Waals surface area contributed by atoms with E-state index in [1.54, 1.807) is 19.2 Å². The SMILES string of the molecule is COc1ccccc1NC(=O)CSc1nc(C)c(C)c(C)c1C(N)=O. The lowest BCUT2D eigenvalue weighted by Gasteiger charge is -2.14. The first-order valence-electron chi connectivity index (χ1n) is 7.68. The zero-order valence-electron chi connectivity index (χ0n) is 14.7. The topological polar surface area (TPSA) is 94.3 Å². The monoisotopic (exact) mass is 359 g/mol. The first kappa shape index (κ1) is 18.8. The van der Waals surface area contributed by atoms with E-state index in [1.807, 2.05) is 32.9 Å². The second-order valence-corrected chi connectivity index (χ2v) is 6.49. The molecule has 0 saturated heterocycles. The van der Waals surface area contributed by atoms with Gasteiger partial charge in [-0.05, 0) is 44.0 Å². The van der Waals surface area contributed by atoms with Crippen LogP contribution in [0.4, 0.5) is 5.69 Å². The Balaban J connectivity index is 2.16. The van der Waals surface area contributed by atoms with E-state index in [1.165, 1.54) is 11.8 Å². The number of hydrogen-bond donors (Lipinski definition) is 2. The van der Waals surface area contributed by atoms with E-state index in [4.69, 9.17) is 10.5 Å². The van der Waals surface area contributed by atoms with Crippen LogP contribution in [0.1, 0.15) is 27.2 Å². The first-order valence-corrected chi connectivity index (χ1v) is 8.67. The Morgan fingerprint density at radius 1 is 1.20 bits per heavy atom. The van der Waals surface area contributed by atoms with Gasteiger partial charge >= 0.3 is 0 Å². The predicted octanol–water partition coefficient (Wildman–Crippen LogP) is 2.85. The number of aryl methyl sites for hydroxylation is 1. The van der Waals surface area contributed by atoms with Crippen molar-refractivity contribution in [2.45, 2.75) is 25.8 Å². The third-order valence-electron chi connectivity index (χ3n) is 3.93. The number of rotatable bonds is 6. The second-order valence-electron chi connectivity index (χ2n) is 5.53. The van der Waals surface area contributed by atoms with Crippen LogP contribution in [-0.2, 0) is 4.79 Å². The molecule has 0 saturated carbocycles. The van der Waals surface area contributed by atoms with Gasteiger partial charge in [0.1, 0.15) is 10.8 Å². The molecule has 0 bridgehead atoms. The van der Waals surface area contributed by atoms with Gasteiger partial charge in [-0.2, -0.15) is 0 Å². The van der Waals surface area contributed by atoms with Gasteiger partial charge in [-0.25, -0.2) is 4.98 Å². The minimum absolute atomic E-state index is 0.104. The molecule has 0 aliphatic rings. The van der Waals surface area contributed by atoms with E-state index < -0.39 is 5.91 Å². The second kappa shape index (κ2) is 8.02. The molecule has 0 aliphatic heterocycles. The summed E-state index contributed by atoms with van der Waals surface area (Å²) in [5, 5.41) is 3.27. The number of aromatic nitrogens is 1.